The molecule has 0 N–H and O–H groups in total. The molecule has 0 unspecified atom stereocenters. The Morgan fingerprint density at radius 2 is 1.29 bits per heavy atom. The summed E-state index contributed by atoms with van der Waals surface area (Å²) in [7, 11) is 0. The molecule has 8 aromatic rings. The minimum atomic E-state index is -0.178. The number of pyridine rings is 1. The molecule has 3 heterocycles. The molecule has 0 spiro atoms. The van der Waals surface area contributed by atoms with Crippen LogP contribution in [-0.4, -0.2) is 14.1 Å². The summed E-state index contributed by atoms with van der Waals surface area (Å²) < 4.78 is 13.2. The van der Waals surface area contributed by atoms with Crippen LogP contribution < -0.4 is 9.30 Å². The van der Waals surface area contributed by atoms with Gasteiger partial charge in [-0.1, -0.05) is 128 Å². The van der Waals surface area contributed by atoms with Crippen molar-refractivity contribution >= 4 is 21.8 Å². The Kier molecular flexibility index (Phi) is 10.2. The van der Waals surface area contributed by atoms with Crippen LogP contribution in [0.15, 0.2) is 128 Å². The van der Waals surface area contributed by atoms with Gasteiger partial charge in [0.1, 0.15) is 5.82 Å². The third-order valence-corrected chi connectivity index (χ3v) is 10.3. The van der Waals surface area contributed by atoms with Gasteiger partial charge in [0.25, 0.3) is 6.33 Å². The van der Waals surface area contributed by atoms with Crippen molar-refractivity contribution in [3.8, 4) is 39.8 Å². The smallest absolute Gasteiger partial charge is 0.267 e. The minimum Gasteiger partial charge on any atom is -0.510 e. The predicted octanol–water partition coefficient (Wildman–Crippen LogP) is 12.0. The third-order valence-electron chi connectivity index (χ3n) is 10.3. The molecular formula is C50H48N4OPt-2. The van der Waals surface area contributed by atoms with E-state index in [0.717, 1.165) is 50.3 Å². The van der Waals surface area contributed by atoms with Crippen molar-refractivity contribution in [3.63, 3.8) is 0 Å². The van der Waals surface area contributed by atoms with Gasteiger partial charge < -0.3 is 13.9 Å². The average molecular weight is 916 g/mol. The van der Waals surface area contributed by atoms with E-state index < -0.39 is 0 Å². The summed E-state index contributed by atoms with van der Waals surface area (Å²) in [5.74, 6) is 2.09. The fourth-order valence-corrected chi connectivity index (χ4v) is 7.09. The number of imidazole rings is 1. The predicted molar refractivity (Wildman–Crippen MR) is 224 cm³/mol. The van der Waals surface area contributed by atoms with Crippen LogP contribution in [0.2, 0.25) is 0 Å². The van der Waals surface area contributed by atoms with Crippen molar-refractivity contribution in [1.82, 2.24) is 14.1 Å². The van der Waals surface area contributed by atoms with Gasteiger partial charge in [0.2, 0.25) is 0 Å². The van der Waals surface area contributed by atoms with Crippen LogP contribution in [0.4, 0.5) is 0 Å². The Labute approximate surface area is 345 Å². The van der Waals surface area contributed by atoms with E-state index in [2.05, 4.69) is 204 Å². The van der Waals surface area contributed by atoms with E-state index in [4.69, 9.17) is 9.72 Å². The zero-order chi connectivity index (χ0) is 38.7. The zero-order valence-corrected chi connectivity index (χ0v) is 35.9. The molecule has 0 amide bonds. The SMILES string of the molecule is CC(C)(C)c1cc(Oc2[c-]c3c(cc2)c2ccccc2n3-c2cc(C(C)(C)C)ccn2)[c-]c(-n2[c-][n+](-c3ccc(-c4ccccc4)cc3)cc2C(C)(C)C)c1.[Pt]. The second-order valence-corrected chi connectivity index (χ2v) is 17.5. The van der Waals surface area contributed by atoms with E-state index in [1.54, 1.807) is 0 Å². The van der Waals surface area contributed by atoms with E-state index >= 15 is 0 Å². The van der Waals surface area contributed by atoms with Crippen LogP contribution in [0, 0.1) is 18.5 Å². The molecule has 0 saturated heterocycles. The van der Waals surface area contributed by atoms with E-state index in [1.807, 2.05) is 18.3 Å². The van der Waals surface area contributed by atoms with Crippen molar-refractivity contribution in [2.24, 2.45) is 0 Å². The molecule has 0 radical (unpaired) electrons. The Bertz CT molecular complexity index is 2670. The summed E-state index contributed by atoms with van der Waals surface area (Å²) in [5.41, 5.74) is 9.39. The first-order valence-electron chi connectivity index (χ1n) is 19.0. The van der Waals surface area contributed by atoms with Gasteiger partial charge >= 0.3 is 0 Å². The second-order valence-electron chi connectivity index (χ2n) is 17.5. The first kappa shape index (κ1) is 39.0. The number of para-hydroxylation sites is 1. The van der Waals surface area contributed by atoms with Gasteiger partial charge in [0.05, 0.1) is 11.4 Å². The van der Waals surface area contributed by atoms with Gasteiger partial charge in [-0.15, -0.1) is 29.7 Å². The molecule has 3 aromatic heterocycles. The van der Waals surface area contributed by atoms with Crippen LogP contribution in [0.1, 0.15) is 79.1 Å². The molecule has 0 bridgehead atoms. The topological polar surface area (TPSA) is 35.9 Å². The number of fused-ring (bicyclic) bond motifs is 3. The van der Waals surface area contributed by atoms with Crippen LogP contribution in [0.3, 0.4) is 0 Å². The Morgan fingerprint density at radius 1 is 0.607 bits per heavy atom. The molecule has 5 nitrogen and oxygen atoms in total. The van der Waals surface area contributed by atoms with Crippen molar-refractivity contribution in [2.45, 2.75) is 78.6 Å². The molecule has 0 aliphatic rings. The minimum absolute atomic E-state index is 0. The van der Waals surface area contributed by atoms with Gasteiger partial charge in [-0.2, -0.15) is 17.7 Å². The molecule has 56 heavy (non-hydrogen) atoms. The molecule has 0 aliphatic carbocycles. The molecule has 8 rings (SSSR count). The molecule has 0 fully saturated rings. The maximum atomic E-state index is 6.74. The number of aromatic nitrogens is 4. The number of hydrogen-bond acceptors (Lipinski definition) is 2. The zero-order valence-electron chi connectivity index (χ0n) is 33.6. The maximum Gasteiger partial charge on any atom is 0.267 e. The van der Waals surface area contributed by atoms with Gasteiger partial charge in [-0.25, -0.2) is 4.98 Å². The van der Waals surface area contributed by atoms with Crippen molar-refractivity contribution in [1.29, 1.82) is 0 Å². The molecule has 5 aromatic carbocycles. The van der Waals surface area contributed by atoms with Crippen LogP contribution in [0.25, 0.3) is 50.1 Å². The fourth-order valence-electron chi connectivity index (χ4n) is 7.09. The van der Waals surface area contributed by atoms with E-state index in [1.165, 1.54) is 16.7 Å². The molecule has 0 saturated carbocycles. The first-order valence-corrected chi connectivity index (χ1v) is 19.0. The Hall–Kier alpha value is -5.25. The normalized spacial score (nSPS) is 12.2. The van der Waals surface area contributed by atoms with E-state index in [-0.39, 0.29) is 37.3 Å². The first-order chi connectivity index (χ1) is 26.1. The van der Waals surface area contributed by atoms with Crippen molar-refractivity contribution in [3.05, 3.63) is 163 Å². The summed E-state index contributed by atoms with van der Waals surface area (Å²) in [6, 6.07) is 47.6. The molecule has 0 aliphatic heterocycles. The average Bonchev–Trinajstić information content (AvgIpc) is 3.75. The van der Waals surface area contributed by atoms with E-state index in [0.29, 0.717) is 11.5 Å². The van der Waals surface area contributed by atoms with Gasteiger partial charge in [0.15, 0.2) is 0 Å². The summed E-state index contributed by atoms with van der Waals surface area (Å²) in [5, 5.41) is 2.24. The Morgan fingerprint density at radius 3 is 1.98 bits per heavy atom. The van der Waals surface area contributed by atoms with Crippen molar-refractivity contribution < 1.29 is 30.4 Å². The molecule has 0 atom stereocenters. The quantitative estimate of drug-likeness (QED) is 0.123. The van der Waals surface area contributed by atoms with Crippen LogP contribution in [-0.2, 0) is 37.3 Å². The number of hydrogen-bond donors (Lipinski definition) is 0. The summed E-state index contributed by atoms with van der Waals surface area (Å²) in [6.07, 6.45) is 7.74. The summed E-state index contributed by atoms with van der Waals surface area (Å²) >= 11 is 0. The summed E-state index contributed by atoms with van der Waals surface area (Å²) in [4.78, 5) is 4.85. The van der Waals surface area contributed by atoms with Crippen LogP contribution >= 0.6 is 0 Å². The second kappa shape index (κ2) is 14.7. The number of rotatable bonds is 6. The number of benzene rings is 5. The Balaban J connectivity index is 0.00000480. The molecule has 6 heteroatoms. The third kappa shape index (κ3) is 7.62. The van der Waals surface area contributed by atoms with Crippen LogP contribution in [0.5, 0.6) is 11.5 Å². The largest absolute Gasteiger partial charge is 0.510 e. The van der Waals surface area contributed by atoms with Crippen molar-refractivity contribution in [2.75, 3.05) is 0 Å². The summed E-state index contributed by atoms with van der Waals surface area (Å²) in [6.45, 7) is 20.1. The number of ether oxygens (including phenoxy) is 1. The standard InChI is InChI=1S/C50H48N4O.Pt/c1-48(2,3)36-25-26-51-47(29-36)54-44-18-14-13-17-42(44)43-24-23-40(31-45(43)54)55-41-28-37(49(4,5)6)27-39(30-41)53-33-52(32-46(53)50(7,8)9)38-21-19-35(20-22-38)34-15-11-10-12-16-34;/h10-29,32H,1-9H3;/q-2;. The fraction of sp³-hybridized carbons (Fsp3) is 0.240. The van der Waals surface area contributed by atoms with Gasteiger partial charge in [-0.05, 0) is 74.3 Å². The monoisotopic (exact) mass is 915 g/mol. The molecular weight excluding hydrogens is 868 g/mol. The number of nitrogens with zero attached hydrogens (tertiary/aromatic N) is 4. The van der Waals surface area contributed by atoms with E-state index in [9.17, 15) is 0 Å². The maximum absolute atomic E-state index is 6.74. The van der Waals surface area contributed by atoms with Gasteiger partial charge in [-0.3, -0.25) is 4.57 Å². The van der Waals surface area contributed by atoms with Gasteiger partial charge in [0, 0.05) is 50.5 Å². The molecule has 286 valence electrons.